The van der Waals surface area contributed by atoms with E-state index in [9.17, 15) is 9.59 Å². The molecule has 0 atom stereocenters. The number of carbonyl (C=O) groups is 1. The Bertz CT molecular complexity index is 415. The Hall–Kier alpha value is -1.36. The summed E-state index contributed by atoms with van der Waals surface area (Å²) in [5.74, 6) is -0.139. The van der Waals surface area contributed by atoms with Gasteiger partial charge in [-0.25, -0.2) is 0 Å². The van der Waals surface area contributed by atoms with E-state index < -0.39 is 0 Å². The van der Waals surface area contributed by atoms with Gasteiger partial charge in [-0.05, 0) is 6.92 Å². The van der Waals surface area contributed by atoms with Crippen molar-refractivity contribution >= 4 is 17.1 Å². The third-order valence-corrected chi connectivity index (χ3v) is 2.57. The van der Waals surface area contributed by atoms with Gasteiger partial charge in [0.2, 0.25) is 0 Å². The minimum Gasteiger partial charge on any atom is -0.383 e. The Morgan fingerprint density at radius 3 is 2.57 bits per heavy atom. The first-order valence-corrected chi connectivity index (χ1v) is 4.91. The second-order valence-corrected chi connectivity index (χ2v) is 4.10. The van der Waals surface area contributed by atoms with Crippen molar-refractivity contribution in [2.24, 2.45) is 0 Å². The van der Waals surface area contributed by atoms with Crippen LogP contribution in [0.4, 0.5) is 0 Å². The number of rotatable bonds is 3. The summed E-state index contributed by atoms with van der Waals surface area (Å²) in [6.07, 6.45) is 3.11. The number of thiazole rings is 1. The number of nitrogens with zero attached hydrogens (tertiary/aromatic N) is 1. The molecule has 0 amide bonds. The van der Waals surface area contributed by atoms with Gasteiger partial charge in [0.05, 0.1) is 4.88 Å². The summed E-state index contributed by atoms with van der Waals surface area (Å²) in [6, 6.07) is 0. The molecule has 0 aliphatic rings. The van der Waals surface area contributed by atoms with E-state index >= 15 is 0 Å². The second kappa shape index (κ2) is 4.23. The molecule has 0 aliphatic heterocycles. The standard InChI is InChI=1S/C9H12N2O2S/c1-6-8(14-9(13)10-6)7(12)4-5-11(2)3/h4-5H,1-3H3,(H,10,13)/b5-4+. The Balaban J connectivity index is 2.90. The number of aryl methyl sites for hydroxylation is 1. The van der Waals surface area contributed by atoms with Crippen LogP contribution in [0.1, 0.15) is 15.4 Å². The fourth-order valence-electron chi connectivity index (χ4n) is 0.932. The minimum atomic E-state index is -0.191. The fourth-order valence-corrected chi connectivity index (χ4v) is 1.69. The normalized spacial score (nSPS) is 10.8. The van der Waals surface area contributed by atoms with Crippen LogP contribution >= 0.6 is 11.3 Å². The van der Waals surface area contributed by atoms with Gasteiger partial charge in [0.15, 0.2) is 5.78 Å². The van der Waals surface area contributed by atoms with E-state index in [1.54, 1.807) is 18.0 Å². The molecule has 4 nitrogen and oxygen atoms in total. The first kappa shape index (κ1) is 10.7. The van der Waals surface area contributed by atoms with Crippen molar-refractivity contribution in [3.8, 4) is 0 Å². The SMILES string of the molecule is Cc1[nH]c(=O)sc1C(=O)/C=C/N(C)C. The van der Waals surface area contributed by atoms with Crippen LogP contribution < -0.4 is 4.87 Å². The monoisotopic (exact) mass is 212 g/mol. The molecule has 0 spiro atoms. The molecule has 0 unspecified atom stereocenters. The van der Waals surface area contributed by atoms with Gasteiger partial charge in [-0.15, -0.1) is 0 Å². The van der Waals surface area contributed by atoms with E-state index in [0.717, 1.165) is 11.3 Å². The van der Waals surface area contributed by atoms with Gasteiger partial charge >= 0.3 is 4.87 Å². The smallest absolute Gasteiger partial charge is 0.305 e. The molecule has 1 N–H and O–H groups in total. The maximum absolute atomic E-state index is 11.5. The van der Waals surface area contributed by atoms with Gasteiger partial charge < -0.3 is 9.88 Å². The summed E-state index contributed by atoms with van der Waals surface area (Å²) in [6.45, 7) is 1.72. The molecule has 5 heteroatoms. The highest BCUT2D eigenvalue weighted by Crippen LogP contribution is 2.09. The number of allylic oxidation sites excluding steroid dienone is 1. The first-order chi connectivity index (χ1) is 6.50. The number of hydrogen-bond acceptors (Lipinski definition) is 4. The van der Waals surface area contributed by atoms with Crippen LogP contribution in [0.25, 0.3) is 0 Å². The topological polar surface area (TPSA) is 53.2 Å². The maximum Gasteiger partial charge on any atom is 0.305 e. The van der Waals surface area contributed by atoms with Crippen LogP contribution in [0.5, 0.6) is 0 Å². The largest absolute Gasteiger partial charge is 0.383 e. The average Bonchev–Trinajstić information content (AvgIpc) is 2.41. The predicted octanol–water partition coefficient (Wildman–Crippen LogP) is 1.00. The number of nitrogens with one attached hydrogen (secondary N) is 1. The quantitative estimate of drug-likeness (QED) is 0.601. The number of aromatic amines is 1. The lowest BCUT2D eigenvalue weighted by Crippen LogP contribution is -2.02. The molecule has 1 rings (SSSR count). The Morgan fingerprint density at radius 1 is 1.50 bits per heavy atom. The minimum absolute atomic E-state index is 0.139. The summed E-state index contributed by atoms with van der Waals surface area (Å²) in [5.41, 5.74) is 0.633. The van der Waals surface area contributed by atoms with Crippen LogP contribution in [-0.2, 0) is 0 Å². The molecular formula is C9H12N2O2S. The molecule has 1 heterocycles. The fraction of sp³-hybridized carbons (Fsp3) is 0.333. The van der Waals surface area contributed by atoms with Crippen molar-refractivity contribution in [2.75, 3.05) is 14.1 Å². The molecule has 76 valence electrons. The van der Waals surface area contributed by atoms with Gasteiger partial charge in [0.1, 0.15) is 0 Å². The van der Waals surface area contributed by atoms with Crippen molar-refractivity contribution in [1.29, 1.82) is 0 Å². The maximum atomic E-state index is 11.5. The van der Waals surface area contributed by atoms with E-state index in [0.29, 0.717) is 10.6 Å². The zero-order valence-electron chi connectivity index (χ0n) is 8.33. The first-order valence-electron chi connectivity index (χ1n) is 4.09. The van der Waals surface area contributed by atoms with Crippen LogP contribution in [-0.4, -0.2) is 29.8 Å². The van der Waals surface area contributed by atoms with Crippen molar-refractivity contribution in [1.82, 2.24) is 9.88 Å². The van der Waals surface area contributed by atoms with Crippen molar-refractivity contribution in [3.05, 3.63) is 32.5 Å². The zero-order valence-corrected chi connectivity index (χ0v) is 9.14. The summed E-state index contributed by atoms with van der Waals surface area (Å²) < 4.78 is 0. The number of carbonyl (C=O) groups excluding carboxylic acids is 1. The van der Waals surface area contributed by atoms with Gasteiger partial charge in [-0.2, -0.15) is 0 Å². The van der Waals surface area contributed by atoms with Gasteiger partial charge in [-0.1, -0.05) is 11.3 Å². The summed E-state index contributed by atoms with van der Waals surface area (Å²) >= 11 is 0.944. The second-order valence-electron chi connectivity index (χ2n) is 3.11. The average molecular weight is 212 g/mol. The molecule has 0 bridgehead atoms. The Labute approximate surface area is 85.9 Å². The lowest BCUT2D eigenvalue weighted by molar-refractivity contribution is 0.104. The van der Waals surface area contributed by atoms with Crippen LogP contribution in [0.15, 0.2) is 17.1 Å². The summed E-state index contributed by atoms with van der Waals surface area (Å²) in [4.78, 5) is 27.1. The van der Waals surface area contributed by atoms with Crippen LogP contribution in [0, 0.1) is 6.92 Å². The lowest BCUT2D eigenvalue weighted by Gasteiger charge is -2.01. The Kier molecular flexibility index (Phi) is 3.24. The number of ketones is 1. The molecule has 0 saturated heterocycles. The zero-order chi connectivity index (χ0) is 10.7. The van der Waals surface area contributed by atoms with Crippen LogP contribution in [0.2, 0.25) is 0 Å². The highest BCUT2D eigenvalue weighted by Gasteiger charge is 2.09. The highest BCUT2D eigenvalue weighted by molar-refractivity contribution is 7.11. The predicted molar refractivity (Wildman–Crippen MR) is 56.8 cm³/mol. The van der Waals surface area contributed by atoms with Crippen molar-refractivity contribution in [2.45, 2.75) is 6.92 Å². The highest BCUT2D eigenvalue weighted by atomic mass is 32.1. The molecule has 0 fully saturated rings. The molecule has 0 aliphatic carbocycles. The van der Waals surface area contributed by atoms with E-state index in [4.69, 9.17) is 0 Å². The third-order valence-electron chi connectivity index (χ3n) is 1.57. The van der Waals surface area contributed by atoms with Crippen molar-refractivity contribution < 1.29 is 4.79 Å². The molecule has 0 aromatic carbocycles. The third kappa shape index (κ3) is 2.56. The Morgan fingerprint density at radius 2 is 2.14 bits per heavy atom. The van der Waals surface area contributed by atoms with E-state index in [1.165, 1.54) is 6.08 Å². The molecule has 1 aromatic heterocycles. The molecule has 0 radical (unpaired) electrons. The summed E-state index contributed by atoms with van der Waals surface area (Å²) in [7, 11) is 3.66. The van der Waals surface area contributed by atoms with Gasteiger partial charge in [-0.3, -0.25) is 9.59 Å². The molecular weight excluding hydrogens is 200 g/mol. The van der Waals surface area contributed by atoms with Gasteiger partial charge in [0, 0.05) is 32.1 Å². The van der Waals surface area contributed by atoms with E-state index in [1.807, 2.05) is 14.1 Å². The van der Waals surface area contributed by atoms with Crippen LogP contribution in [0.3, 0.4) is 0 Å². The molecule has 14 heavy (non-hydrogen) atoms. The number of H-pyrrole nitrogens is 1. The molecule has 0 saturated carbocycles. The molecule has 1 aromatic rings. The lowest BCUT2D eigenvalue weighted by atomic mass is 10.3. The number of hydrogen-bond donors (Lipinski definition) is 1. The number of aromatic nitrogens is 1. The summed E-state index contributed by atoms with van der Waals surface area (Å²) in [5, 5.41) is 0. The van der Waals surface area contributed by atoms with E-state index in [2.05, 4.69) is 4.98 Å². The van der Waals surface area contributed by atoms with E-state index in [-0.39, 0.29) is 10.7 Å². The van der Waals surface area contributed by atoms with Crippen molar-refractivity contribution in [3.63, 3.8) is 0 Å². The van der Waals surface area contributed by atoms with Gasteiger partial charge in [0.25, 0.3) is 0 Å².